The van der Waals surface area contributed by atoms with Crippen LogP contribution in [0, 0.1) is 0 Å². The molecule has 3 aromatic rings. The number of carboxylic acids is 1. The van der Waals surface area contributed by atoms with Gasteiger partial charge in [-0.2, -0.15) is 5.10 Å². The summed E-state index contributed by atoms with van der Waals surface area (Å²) in [6, 6.07) is 14.4. The smallest absolute Gasteiger partial charge is 0.335 e. The van der Waals surface area contributed by atoms with E-state index in [1.165, 1.54) is 29.0 Å². The van der Waals surface area contributed by atoms with Gasteiger partial charge in [0.2, 0.25) is 0 Å². The molecule has 0 radical (unpaired) electrons. The summed E-state index contributed by atoms with van der Waals surface area (Å²) in [6.45, 7) is 8.28. The second-order valence-corrected chi connectivity index (χ2v) is 9.59. The zero-order chi connectivity index (χ0) is 23.5. The molecule has 0 aliphatic rings. The van der Waals surface area contributed by atoms with E-state index in [0.29, 0.717) is 17.0 Å². The molecule has 0 bridgehead atoms. The van der Waals surface area contributed by atoms with Crippen molar-refractivity contribution in [2.75, 3.05) is 5.32 Å². The van der Waals surface area contributed by atoms with Gasteiger partial charge in [0.1, 0.15) is 5.75 Å². The normalized spacial score (nSPS) is 11.8. The summed E-state index contributed by atoms with van der Waals surface area (Å²) in [5.74, 6) is -0.803. The molecule has 0 unspecified atom stereocenters. The van der Waals surface area contributed by atoms with Crippen LogP contribution in [0.1, 0.15) is 49.2 Å². The quantitative estimate of drug-likeness (QED) is 0.214. The maximum Gasteiger partial charge on any atom is 0.335 e. The number of aromatic hydroxyl groups is 1. The van der Waals surface area contributed by atoms with Crippen LogP contribution in [-0.2, 0) is 5.41 Å². The Morgan fingerprint density at radius 1 is 1.06 bits per heavy atom. The lowest BCUT2D eigenvalue weighted by molar-refractivity contribution is 0.0697. The SMILES string of the molecule is CC(=NNC(=S)Nc1ccc(C(=O)O)cc1)c1csc(-c2ccc(C(C)(C)C)cc2)c1O. The summed E-state index contributed by atoms with van der Waals surface area (Å²) in [6.07, 6.45) is 0. The first-order valence-electron chi connectivity index (χ1n) is 9.92. The Labute approximate surface area is 196 Å². The van der Waals surface area contributed by atoms with E-state index >= 15 is 0 Å². The Hall–Kier alpha value is -3.23. The van der Waals surface area contributed by atoms with Crippen molar-refractivity contribution < 1.29 is 15.0 Å². The third-order valence-corrected chi connectivity index (χ3v) is 6.09. The van der Waals surface area contributed by atoms with Crippen LogP contribution in [0.3, 0.4) is 0 Å². The lowest BCUT2D eigenvalue weighted by atomic mass is 9.86. The first kappa shape index (κ1) is 23.4. The van der Waals surface area contributed by atoms with E-state index in [0.717, 1.165) is 10.4 Å². The molecular weight excluding hydrogens is 442 g/mol. The zero-order valence-electron chi connectivity index (χ0n) is 18.3. The number of anilines is 1. The van der Waals surface area contributed by atoms with Crippen molar-refractivity contribution in [1.29, 1.82) is 0 Å². The highest BCUT2D eigenvalue weighted by Gasteiger charge is 2.17. The van der Waals surface area contributed by atoms with Crippen molar-refractivity contribution in [3.63, 3.8) is 0 Å². The molecule has 0 amide bonds. The van der Waals surface area contributed by atoms with Gasteiger partial charge in [-0.25, -0.2) is 4.79 Å². The van der Waals surface area contributed by atoms with E-state index in [4.69, 9.17) is 17.3 Å². The maximum atomic E-state index is 10.9. The average Bonchev–Trinajstić information content (AvgIpc) is 3.13. The topological polar surface area (TPSA) is 94.0 Å². The minimum atomic E-state index is -0.988. The largest absolute Gasteiger partial charge is 0.506 e. The molecule has 2 aromatic carbocycles. The molecule has 32 heavy (non-hydrogen) atoms. The maximum absolute atomic E-state index is 10.9. The van der Waals surface area contributed by atoms with Crippen molar-refractivity contribution >= 4 is 46.0 Å². The first-order chi connectivity index (χ1) is 15.1. The lowest BCUT2D eigenvalue weighted by Gasteiger charge is -2.19. The number of carboxylic acid groups (broad SMARTS) is 1. The molecule has 1 aromatic heterocycles. The standard InChI is InChI=1S/C24H25N3O3S2/c1-14(26-27-23(31)25-18-11-7-16(8-12-18)22(29)30)19-13-32-21(20(19)28)15-5-9-17(10-6-15)24(2,3)4/h5-13,28H,1-4H3,(H,29,30)(H2,25,27,31). The highest BCUT2D eigenvalue weighted by Crippen LogP contribution is 2.39. The van der Waals surface area contributed by atoms with Gasteiger partial charge in [0.15, 0.2) is 5.11 Å². The van der Waals surface area contributed by atoms with Crippen molar-refractivity contribution in [3.05, 3.63) is 70.6 Å². The zero-order valence-corrected chi connectivity index (χ0v) is 19.9. The van der Waals surface area contributed by atoms with Crippen LogP contribution in [0.2, 0.25) is 0 Å². The van der Waals surface area contributed by atoms with Crippen LogP contribution >= 0.6 is 23.6 Å². The van der Waals surface area contributed by atoms with Crippen LogP contribution in [0.25, 0.3) is 10.4 Å². The van der Waals surface area contributed by atoms with Crippen LogP contribution in [0.15, 0.2) is 59.0 Å². The number of hydrazone groups is 1. The predicted octanol–water partition coefficient (Wildman–Crippen LogP) is 5.83. The molecule has 4 N–H and O–H groups in total. The Balaban J connectivity index is 1.68. The molecule has 0 saturated carbocycles. The Morgan fingerprint density at radius 2 is 1.69 bits per heavy atom. The number of thiophene rings is 1. The highest BCUT2D eigenvalue weighted by molar-refractivity contribution is 7.80. The van der Waals surface area contributed by atoms with Gasteiger partial charge in [0, 0.05) is 11.1 Å². The van der Waals surface area contributed by atoms with Gasteiger partial charge in [-0.15, -0.1) is 11.3 Å². The fourth-order valence-corrected chi connectivity index (χ4v) is 4.16. The number of thiocarbonyl (C=S) groups is 1. The molecule has 0 fully saturated rings. The third-order valence-electron chi connectivity index (χ3n) is 4.88. The molecular formula is C24H25N3O3S2. The van der Waals surface area contributed by atoms with E-state index in [-0.39, 0.29) is 21.8 Å². The molecule has 6 nitrogen and oxygen atoms in total. The van der Waals surface area contributed by atoms with Crippen LogP contribution < -0.4 is 10.7 Å². The van der Waals surface area contributed by atoms with Gasteiger partial charge in [-0.3, -0.25) is 5.43 Å². The number of hydrogen-bond donors (Lipinski definition) is 4. The second-order valence-electron chi connectivity index (χ2n) is 8.30. The molecule has 166 valence electrons. The summed E-state index contributed by atoms with van der Waals surface area (Å²) in [5, 5.41) is 29.0. The Kier molecular flexibility index (Phi) is 6.96. The number of benzene rings is 2. The number of aromatic carboxylic acids is 1. The Bertz CT molecular complexity index is 1160. The van der Waals surface area contributed by atoms with Gasteiger partial charge in [0.05, 0.1) is 21.7 Å². The van der Waals surface area contributed by atoms with Crippen molar-refractivity contribution in [1.82, 2.24) is 5.43 Å². The van der Waals surface area contributed by atoms with E-state index < -0.39 is 5.97 Å². The summed E-state index contributed by atoms with van der Waals surface area (Å²) < 4.78 is 0. The molecule has 0 atom stereocenters. The molecule has 1 heterocycles. The second kappa shape index (κ2) is 9.50. The summed E-state index contributed by atoms with van der Waals surface area (Å²) in [4.78, 5) is 11.7. The number of hydrogen-bond acceptors (Lipinski definition) is 5. The number of rotatable bonds is 5. The van der Waals surface area contributed by atoms with Crippen molar-refractivity contribution in [3.8, 4) is 16.2 Å². The van der Waals surface area contributed by atoms with Crippen molar-refractivity contribution in [2.45, 2.75) is 33.1 Å². The van der Waals surface area contributed by atoms with Gasteiger partial charge in [0.25, 0.3) is 0 Å². The van der Waals surface area contributed by atoms with E-state index in [1.54, 1.807) is 19.1 Å². The predicted molar refractivity (Wildman–Crippen MR) is 135 cm³/mol. The summed E-state index contributed by atoms with van der Waals surface area (Å²) in [7, 11) is 0. The van der Waals surface area contributed by atoms with Gasteiger partial charge >= 0.3 is 5.97 Å². The molecule has 0 aliphatic heterocycles. The highest BCUT2D eigenvalue weighted by atomic mass is 32.1. The molecule has 0 saturated heterocycles. The fourth-order valence-electron chi connectivity index (χ4n) is 2.98. The summed E-state index contributed by atoms with van der Waals surface area (Å²) in [5.41, 5.74) is 7.06. The molecule has 8 heteroatoms. The first-order valence-corrected chi connectivity index (χ1v) is 11.2. The number of carbonyl (C=O) groups is 1. The van der Waals surface area contributed by atoms with Gasteiger partial charge in [-0.1, -0.05) is 45.0 Å². The van der Waals surface area contributed by atoms with Crippen LogP contribution in [0.4, 0.5) is 5.69 Å². The van der Waals surface area contributed by atoms with Crippen LogP contribution in [0.5, 0.6) is 5.75 Å². The molecule has 0 spiro atoms. The van der Waals surface area contributed by atoms with Gasteiger partial charge in [-0.05, 0) is 59.9 Å². The number of nitrogens with zero attached hydrogens (tertiary/aromatic N) is 1. The minimum Gasteiger partial charge on any atom is -0.506 e. The van der Waals surface area contributed by atoms with E-state index in [2.05, 4.69) is 48.7 Å². The monoisotopic (exact) mass is 467 g/mol. The fraction of sp³-hybridized carbons (Fsp3) is 0.208. The van der Waals surface area contributed by atoms with E-state index in [1.807, 2.05) is 17.5 Å². The molecule has 3 rings (SSSR count). The van der Waals surface area contributed by atoms with Gasteiger partial charge < -0.3 is 15.5 Å². The van der Waals surface area contributed by atoms with E-state index in [9.17, 15) is 9.90 Å². The average molecular weight is 468 g/mol. The number of nitrogens with one attached hydrogen (secondary N) is 2. The lowest BCUT2D eigenvalue weighted by Crippen LogP contribution is -2.24. The minimum absolute atomic E-state index is 0.0703. The molecule has 0 aliphatic carbocycles. The summed E-state index contributed by atoms with van der Waals surface area (Å²) >= 11 is 6.70. The van der Waals surface area contributed by atoms with Crippen LogP contribution in [-0.4, -0.2) is 27.0 Å². The Morgan fingerprint density at radius 3 is 2.25 bits per heavy atom. The third kappa shape index (κ3) is 5.52. The van der Waals surface area contributed by atoms with Crippen molar-refractivity contribution in [2.24, 2.45) is 5.10 Å².